The number of pyridine rings is 2. The van der Waals surface area contributed by atoms with E-state index in [1.807, 2.05) is 36.4 Å². The molecule has 108 valence electrons. The number of aromatic nitrogens is 2. The van der Waals surface area contributed by atoms with Gasteiger partial charge in [0.2, 0.25) is 5.91 Å². The minimum absolute atomic E-state index is 0.224. The second-order valence-corrected chi connectivity index (χ2v) is 5.03. The van der Waals surface area contributed by atoms with Gasteiger partial charge in [-0.2, -0.15) is 0 Å². The van der Waals surface area contributed by atoms with Crippen LogP contribution in [0, 0.1) is 0 Å². The van der Waals surface area contributed by atoms with Crippen LogP contribution in [0.25, 0.3) is 22.3 Å². The van der Waals surface area contributed by atoms with Crippen molar-refractivity contribution in [3.8, 4) is 22.3 Å². The number of hydrogen-bond acceptors (Lipinski definition) is 3. The highest BCUT2D eigenvalue weighted by Crippen LogP contribution is 2.36. The standard InChI is InChI=1S/C17H12ClN3O/c18-16-15(13(17(19)22)7-9-21-16)14-10-20-8-6-12(14)11-4-2-1-3-5-11/h1-10H,(H2,19,22). The first-order valence-corrected chi connectivity index (χ1v) is 7.00. The molecule has 0 radical (unpaired) electrons. The highest BCUT2D eigenvalue weighted by atomic mass is 35.5. The van der Waals surface area contributed by atoms with Crippen molar-refractivity contribution in [3.63, 3.8) is 0 Å². The molecule has 0 spiro atoms. The van der Waals surface area contributed by atoms with Gasteiger partial charge < -0.3 is 5.73 Å². The zero-order valence-electron chi connectivity index (χ0n) is 11.5. The number of carbonyl (C=O) groups excluding carboxylic acids is 1. The molecule has 0 aliphatic carbocycles. The third-order valence-electron chi connectivity index (χ3n) is 3.35. The fourth-order valence-electron chi connectivity index (χ4n) is 2.36. The van der Waals surface area contributed by atoms with Gasteiger partial charge in [0.1, 0.15) is 5.15 Å². The molecule has 5 heteroatoms. The molecule has 0 bridgehead atoms. The lowest BCUT2D eigenvalue weighted by molar-refractivity contribution is 0.100. The van der Waals surface area contributed by atoms with E-state index in [-0.39, 0.29) is 5.15 Å². The number of nitrogens with two attached hydrogens (primary N) is 1. The number of carbonyl (C=O) groups is 1. The van der Waals surface area contributed by atoms with Crippen LogP contribution < -0.4 is 5.73 Å². The highest BCUT2D eigenvalue weighted by molar-refractivity contribution is 6.33. The van der Waals surface area contributed by atoms with Gasteiger partial charge in [0.15, 0.2) is 0 Å². The van der Waals surface area contributed by atoms with Crippen molar-refractivity contribution >= 4 is 17.5 Å². The SMILES string of the molecule is NC(=O)c1ccnc(Cl)c1-c1cnccc1-c1ccccc1. The molecule has 0 fully saturated rings. The van der Waals surface area contributed by atoms with Crippen LogP contribution >= 0.6 is 11.6 Å². The summed E-state index contributed by atoms with van der Waals surface area (Å²) in [5.41, 5.74) is 8.92. The Morgan fingerprint density at radius 3 is 2.50 bits per heavy atom. The van der Waals surface area contributed by atoms with Crippen LogP contribution in [0.4, 0.5) is 0 Å². The number of benzene rings is 1. The van der Waals surface area contributed by atoms with Gasteiger partial charge in [-0.05, 0) is 23.3 Å². The highest BCUT2D eigenvalue weighted by Gasteiger charge is 2.18. The first-order chi connectivity index (χ1) is 10.7. The Morgan fingerprint density at radius 2 is 1.77 bits per heavy atom. The molecule has 2 N–H and O–H groups in total. The van der Waals surface area contributed by atoms with Gasteiger partial charge >= 0.3 is 0 Å². The second-order valence-electron chi connectivity index (χ2n) is 4.68. The topological polar surface area (TPSA) is 68.9 Å². The van der Waals surface area contributed by atoms with Gasteiger partial charge in [0, 0.05) is 29.7 Å². The zero-order valence-corrected chi connectivity index (χ0v) is 12.3. The average Bonchev–Trinajstić information content (AvgIpc) is 2.55. The van der Waals surface area contributed by atoms with Crippen molar-refractivity contribution < 1.29 is 4.79 Å². The predicted molar refractivity (Wildman–Crippen MR) is 86.4 cm³/mol. The Kier molecular flexibility index (Phi) is 3.85. The third kappa shape index (κ3) is 2.56. The monoisotopic (exact) mass is 309 g/mol. The lowest BCUT2D eigenvalue weighted by atomic mass is 9.94. The molecule has 1 aromatic carbocycles. The Hall–Kier alpha value is -2.72. The van der Waals surface area contributed by atoms with E-state index in [9.17, 15) is 4.79 Å². The molecular weight excluding hydrogens is 298 g/mol. The van der Waals surface area contributed by atoms with Crippen molar-refractivity contribution in [2.75, 3.05) is 0 Å². The van der Waals surface area contributed by atoms with Gasteiger partial charge in [0.05, 0.1) is 5.56 Å². The molecule has 0 unspecified atom stereocenters. The van der Waals surface area contributed by atoms with Crippen LogP contribution in [0.3, 0.4) is 0 Å². The van der Waals surface area contributed by atoms with E-state index in [1.165, 1.54) is 6.20 Å². The first-order valence-electron chi connectivity index (χ1n) is 6.62. The maximum Gasteiger partial charge on any atom is 0.249 e. The smallest absolute Gasteiger partial charge is 0.249 e. The third-order valence-corrected chi connectivity index (χ3v) is 3.63. The summed E-state index contributed by atoms with van der Waals surface area (Å²) in [6.45, 7) is 0. The lowest BCUT2D eigenvalue weighted by Crippen LogP contribution is -2.13. The summed E-state index contributed by atoms with van der Waals surface area (Å²) in [5, 5.41) is 0.224. The Labute approximate surface area is 132 Å². The Bertz CT molecular complexity index is 834. The molecule has 0 saturated heterocycles. The fraction of sp³-hybridized carbons (Fsp3) is 0. The van der Waals surface area contributed by atoms with Gasteiger partial charge in [-0.15, -0.1) is 0 Å². The van der Waals surface area contributed by atoms with Gasteiger partial charge in [-0.25, -0.2) is 4.98 Å². The normalized spacial score (nSPS) is 10.4. The van der Waals surface area contributed by atoms with Gasteiger partial charge in [-0.1, -0.05) is 41.9 Å². The van der Waals surface area contributed by atoms with E-state index in [1.54, 1.807) is 18.5 Å². The summed E-state index contributed by atoms with van der Waals surface area (Å²) in [6.07, 6.45) is 4.82. The molecule has 1 amide bonds. The summed E-state index contributed by atoms with van der Waals surface area (Å²) in [5.74, 6) is -0.554. The minimum atomic E-state index is -0.554. The molecule has 2 aromatic heterocycles. The molecule has 4 nitrogen and oxygen atoms in total. The Balaban J connectivity index is 2.30. The first kappa shape index (κ1) is 14.2. The molecular formula is C17H12ClN3O. The van der Waals surface area contributed by atoms with Crippen LogP contribution in [0.1, 0.15) is 10.4 Å². The number of hydrogen-bond donors (Lipinski definition) is 1. The van der Waals surface area contributed by atoms with Crippen molar-refractivity contribution in [1.29, 1.82) is 0 Å². The number of nitrogens with zero attached hydrogens (tertiary/aromatic N) is 2. The van der Waals surface area contributed by atoms with Crippen LogP contribution in [-0.2, 0) is 0 Å². The van der Waals surface area contributed by atoms with Crippen LogP contribution in [-0.4, -0.2) is 15.9 Å². The molecule has 0 aliphatic rings. The quantitative estimate of drug-likeness (QED) is 0.752. The minimum Gasteiger partial charge on any atom is -0.366 e. The predicted octanol–water partition coefficient (Wildman–Crippen LogP) is 3.56. The molecule has 22 heavy (non-hydrogen) atoms. The maximum absolute atomic E-state index is 11.7. The summed E-state index contributed by atoms with van der Waals surface area (Å²) in [7, 11) is 0. The summed E-state index contributed by atoms with van der Waals surface area (Å²) in [6, 6.07) is 13.2. The molecule has 3 aromatic rings. The molecule has 0 atom stereocenters. The average molecular weight is 310 g/mol. The molecule has 3 rings (SSSR count). The van der Waals surface area contributed by atoms with E-state index >= 15 is 0 Å². The summed E-state index contributed by atoms with van der Waals surface area (Å²) in [4.78, 5) is 19.9. The van der Waals surface area contributed by atoms with Crippen molar-refractivity contribution in [1.82, 2.24) is 9.97 Å². The zero-order chi connectivity index (χ0) is 15.5. The van der Waals surface area contributed by atoms with Gasteiger partial charge in [0.25, 0.3) is 0 Å². The van der Waals surface area contributed by atoms with Crippen molar-refractivity contribution in [2.24, 2.45) is 5.73 Å². The summed E-state index contributed by atoms with van der Waals surface area (Å²) < 4.78 is 0. The summed E-state index contributed by atoms with van der Waals surface area (Å²) >= 11 is 6.22. The largest absolute Gasteiger partial charge is 0.366 e. The number of amides is 1. The number of halogens is 1. The van der Waals surface area contributed by atoms with E-state index in [0.29, 0.717) is 11.1 Å². The van der Waals surface area contributed by atoms with Crippen LogP contribution in [0.2, 0.25) is 5.15 Å². The van der Waals surface area contributed by atoms with E-state index in [0.717, 1.165) is 16.7 Å². The second kappa shape index (κ2) is 5.95. The molecule has 2 heterocycles. The van der Waals surface area contributed by atoms with E-state index in [2.05, 4.69) is 9.97 Å². The maximum atomic E-state index is 11.7. The van der Waals surface area contributed by atoms with Crippen molar-refractivity contribution in [3.05, 3.63) is 71.8 Å². The van der Waals surface area contributed by atoms with E-state index < -0.39 is 5.91 Å². The van der Waals surface area contributed by atoms with E-state index in [4.69, 9.17) is 17.3 Å². The number of rotatable bonds is 3. The fourth-order valence-corrected chi connectivity index (χ4v) is 2.62. The van der Waals surface area contributed by atoms with Crippen LogP contribution in [0.15, 0.2) is 61.1 Å². The van der Waals surface area contributed by atoms with Crippen LogP contribution in [0.5, 0.6) is 0 Å². The Morgan fingerprint density at radius 1 is 1.00 bits per heavy atom. The molecule has 0 saturated carbocycles. The van der Waals surface area contributed by atoms with Gasteiger partial charge in [-0.3, -0.25) is 9.78 Å². The number of primary amides is 1. The lowest BCUT2D eigenvalue weighted by Gasteiger charge is -2.13. The van der Waals surface area contributed by atoms with Crippen molar-refractivity contribution in [2.45, 2.75) is 0 Å². The molecule has 0 aliphatic heterocycles.